The molecule has 1 heterocycles. The molecule has 0 atom stereocenters. The highest BCUT2D eigenvalue weighted by Crippen LogP contribution is 2.18. The van der Waals surface area contributed by atoms with E-state index in [4.69, 9.17) is 0 Å². The second-order valence-corrected chi connectivity index (χ2v) is 7.99. The van der Waals surface area contributed by atoms with E-state index in [-0.39, 0.29) is 43.0 Å². The van der Waals surface area contributed by atoms with Crippen LogP contribution in [0.2, 0.25) is 0 Å². The third-order valence-electron chi connectivity index (χ3n) is 4.86. The maximum Gasteiger partial charge on any atom is 0.257 e. The van der Waals surface area contributed by atoms with Crippen LogP contribution in [0, 0.1) is 0 Å². The topological polar surface area (TPSA) is 83.1 Å². The van der Waals surface area contributed by atoms with E-state index in [2.05, 4.69) is 20.9 Å². The lowest BCUT2D eigenvalue weighted by Gasteiger charge is -2.22. The van der Waals surface area contributed by atoms with E-state index in [0.717, 1.165) is 13.0 Å². The minimum atomic E-state index is -0.198. The fourth-order valence-corrected chi connectivity index (χ4v) is 4.07. The Hall–Kier alpha value is -1.67. The summed E-state index contributed by atoms with van der Waals surface area (Å²) >= 11 is 1.33. The molecule has 30 heavy (non-hydrogen) atoms. The van der Waals surface area contributed by atoms with E-state index in [1.54, 1.807) is 12.1 Å². The fraction of sp³-hybridized carbons (Fsp3) is 0.476. The van der Waals surface area contributed by atoms with Gasteiger partial charge in [0.25, 0.3) is 5.91 Å². The highest BCUT2D eigenvalue weighted by molar-refractivity contribution is 7.14. The smallest absolute Gasteiger partial charge is 0.257 e. The van der Waals surface area contributed by atoms with Crippen LogP contribution in [0.4, 0.5) is 5.13 Å². The Morgan fingerprint density at radius 2 is 1.77 bits per heavy atom. The number of benzene rings is 1. The third-order valence-corrected chi connectivity index (χ3v) is 5.67. The first kappa shape index (κ1) is 26.4. The molecule has 2 amide bonds. The van der Waals surface area contributed by atoms with Gasteiger partial charge in [0.1, 0.15) is 0 Å². The molecule has 9 heteroatoms. The molecule has 1 aromatic heterocycles. The van der Waals surface area contributed by atoms with Crippen LogP contribution in [-0.4, -0.2) is 35.9 Å². The van der Waals surface area contributed by atoms with E-state index in [0.29, 0.717) is 29.0 Å². The van der Waals surface area contributed by atoms with Gasteiger partial charge in [0.15, 0.2) is 5.13 Å². The Kier molecular flexibility index (Phi) is 12.6. The van der Waals surface area contributed by atoms with Gasteiger partial charge < -0.3 is 10.6 Å². The summed E-state index contributed by atoms with van der Waals surface area (Å²) in [7, 11) is 0. The lowest BCUT2D eigenvalue weighted by molar-refractivity contribution is -0.120. The highest BCUT2D eigenvalue weighted by atomic mass is 35.5. The molecule has 166 valence electrons. The number of hydrogen-bond donors (Lipinski definition) is 3. The fourth-order valence-electron chi connectivity index (χ4n) is 3.36. The van der Waals surface area contributed by atoms with Crippen molar-refractivity contribution in [1.29, 1.82) is 0 Å². The number of amides is 2. The van der Waals surface area contributed by atoms with Crippen LogP contribution in [0.1, 0.15) is 54.6 Å². The number of halogens is 2. The van der Waals surface area contributed by atoms with E-state index in [1.807, 2.05) is 23.6 Å². The van der Waals surface area contributed by atoms with E-state index in [9.17, 15) is 9.59 Å². The van der Waals surface area contributed by atoms with Gasteiger partial charge >= 0.3 is 0 Å². The van der Waals surface area contributed by atoms with Crippen LogP contribution in [0.3, 0.4) is 0 Å². The SMILES string of the molecule is Cl.Cl.O=C(Cc1csc(NC(=O)c2ccccc2)n1)NCCCNC1CCCCC1. The first-order chi connectivity index (χ1) is 13.7. The number of nitrogens with one attached hydrogen (secondary N) is 3. The van der Waals surface area contributed by atoms with Crippen LogP contribution in [-0.2, 0) is 11.2 Å². The number of anilines is 1. The van der Waals surface area contributed by atoms with Crippen molar-refractivity contribution in [3.8, 4) is 0 Å². The highest BCUT2D eigenvalue weighted by Gasteiger charge is 2.13. The summed E-state index contributed by atoms with van der Waals surface area (Å²) in [6, 6.07) is 9.65. The van der Waals surface area contributed by atoms with Crippen molar-refractivity contribution in [2.45, 2.75) is 51.0 Å². The molecule has 6 nitrogen and oxygen atoms in total. The molecule has 1 aromatic carbocycles. The average Bonchev–Trinajstić information content (AvgIpc) is 3.15. The minimum absolute atomic E-state index is 0. The molecule has 0 bridgehead atoms. The lowest BCUT2D eigenvalue weighted by Crippen LogP contribution is -2.34. The van der Waals surface area contributed by atoms with Crippen molar-refractivity contribution in [1.82, 2.24) is 15.6 Å². The Bertz CT molecular complexity index is 767. The maximum absolute atomic E-state index is 12.1. The maximum atomic E-state index is 12.1. The molecule has 2 aromatic rings. The monoisotopic (exact) mass is 472 g/mol. The van der Waals surface area contributed by atoms with Gasteiger partial charge in [-0.2, -0.15) is 0 Å². The molecule has 3 rings (SSSR count). The number of rotatable bonds is 9. The summed E-state index contributed by atoms with van der Waals surface area (Å²) in [6.45, 7) is 1.61. The van der Waals surface area contributed by atoms with Crippen LogP contribution in [0.5, 0.6) is 0 Å². The Morgan fingerprint density at radius 3 is 2.50 bits per heavy atom. The second kappa shape index (κ2) is 14.4. The summed E-state index contributed by atoms with van der Waals surface area (Å²) in [6.07, 6.45) is 7.73. The Labute approximate surface area is 194 Å². The summed E-state index contributed by atoms with van der Waals surface area (Å²) < 4.78 is 0. The van der Waals surface area contributed by atoms with E-state index < -0.39 is 0 Å². The van der Waals surface area contributed by atoms with Crippen LogP contribution in [0.15, 0.2) is 35.7 Å². The first-order valence-electron chi connectivity index (χ1n) is 10.0. The van der Waals surface area contributed by atoms with Crippen molar-refractivity contribution >= 4 is 53.1 Å². The predicted octanol–water partition coefficient (Wildman–Crippen LogP) is 4.21. The van der Waals surface area contributed by atoms with Crippen LogP contribution >= 0.6 is 36.2 Å². The standard InChI is InChI=1S/C21H28N4O2S.2ClH/c26-19(23-13-7-12-22-17-10-5-2-6-11-17)14-18-15-28-21(24-18)25-20(27)16-8-3-1-4-9-16;;/h1,3-4,8-9,15,17,22H,2,5-7,10-14H2,(H,23,26)(H,24,25,27);2*1H. The van der Waals surface area contributed by atoms with Crippen molar-refractivity contribution in [2.24, 2.45) is 0 Å². The molecule has 0 aliphatic heterocycles. The summed E-state index contributed by atoms with van der Waals surface area (Å²) in [5.74, 6) is -0.236. The van der Waals surface area contributed by atoms with E-state index >= 15 is 0 Å². The van der Waals surface area contributed by atoms with Gasteiger partial charge in [0.2, 0.25) is 5.91 Å². The molecule has 0 unspecified atom stereocenters. The summed E-state index contributed by atoms with van der Waals surface area (Å²) in [5, 5.41) is 11.6. The summed E-state index contributed by atoms with van der Waals surface area (Å²) in [4.78, 5) is 28.5. The predicted molar refractivity (Wildman–Crippen MR) is 127 cm³/mol. The van der Waals surface area contributed by atoms with Gasteiger partial charge in [-0.25, -0.2) is 4.98 Å². The molecule has 1 aliphatic carbocycles. The number of carbonyl (C=O) groups excluding carboxylic acids is 2. The normalized spacial score (nSPS) is 13.6. The molecule has 1 saturated carbocycles. The lowest BCUT2D eigenvalue weighted by atomic mass is 9.95. The van der Waals surface area contributed by atoms with Gasteiger partial charge in [0, 0.05) is 23.5 Å². The summed E-state index contributed by atoms with van der Waals surface area (Å²) in [5.41, 5.74) is 1.25. The van der Waals surface area contributed by atoms with Gasteiger partial charge in [0.05, 0.1) is 12.1 Å². The third kappa shape index (κ3) is 9.00. The Balaban J connectivity index is 0.00000225. The minimum Gasteiger partial charge on any atom is -0.356 e. The number of hydrogen-bond acceptors (Lipinski definition) is 5. The van der Waals surface area contributed by atoms with Crippen LogP contribution < -0.4 is 16.0 Å². The van der Waals surface area contributed by atoms with Gasteiger partial charge in [-0.3, -0.25) is 14.9 Å². The molecular formula is C21H30Cl2N4O2S. The van der Waals surface area contributed by atoms with Gasteiger partial charge in [-0.1, -0.05) is 37.5 Å². The zero-order valence-corrected chi connectivity index (χ0v) is 19.3. The molecular weight excluding hydrogens is 443 g/mol. The van der Waals surface area contributed by atoms with Crippen molar-refractivity contribution in [3.05, 3.63) is 47.0 Å². The zero-order chi connectivity index (χ0) is 19.6. The van der Waals surface area contributed by atoms with Gasteiger partial charge in [-0.05, 0) is 37.9 Å². The average molecular weight is 473 g/mol. The molecule has 0 spiro atoms. The number of nitrogens with zero attached hydrogens (tertiary/aromatic N) is 1. The zero-order valence-electron chi connectivity index (χ0n) is 16.9. The quantitative estimate of drug-likeness (QED) is 0.477. The van der Waals surface area contributed by atoms with Gasteiger partial charge in [-0.15, -0.1) is 36.2 Å². The van der Waals surface area contributed by atoms with Crippen molar-refractivity contribution in [3.63, 3.8) is 0 Å². The molecule has 0 saturated heterocycles. The molecule has 1 aliphatic rings. The number of aromatic nitrogens is 1. The largest absolute Gasteiger partial charge is 0.356 e. The Morgan fingerprint density at radius 1 is 1.03 bits per heavy atom. The van der Waals surface area contributed by atoms with Crippen molar-refractivity contribution < 1.29 is 9.59 Å². The molecule has 0 radical (unpaired) electrons. The van der Waals surface area contributed by atoms with Crippen LogP contribution in [0.25, 0.3) is 0 Å². The second-order valence-electron chi connectivity index (χ2n) is 7.13. The first-order valence-corrected chi connectivity index (χ1v) is 10.9. The number of thiazole rings is 1. The molecule has 3 N–H and O–H groups in total. The number of carbonyl (C=O) groups is 2. The van der Waals surface area contributed by atoms with Crippen molar-refractivity contribution in [2.75, 3.05) is 18.4 Å². The van der Waals surface area contributed by atoms with E-state index in [1.165, 1.54) is 43.4 Å². The molecule has 1 fully saturated rings.